The number of rotatable bonds is 4. The topological polar surface area (TPSA) is 32.3 Å². The minimum Gasteiger partial charge on any atom is -0.316 e. The molecule has 0 amide bonds. The number of carbonyl (C=O) groups excluding carboxylic acids is 1. The summed E-state index contributed by atoms with van der Waals surface area (Å²) in [5.41, 5.74) is 0. The third-order valence-corrected chi connectivity index (χ3v) is 3.68. The molecule has 0 aromatic rings. The standard InChI is InChI=1S/C12H22N2O/c1-14-5-3-11(9-14)7-12(15)6-10-2-4-13-8-10/h10-11,13H,2-9H2,1H3/t10-,11-/m0/s1. The molecule has 2 aliphatic rings. The van der Waals surface area contributed by atoms with Crippen molar-refractivity contribution in [3.8, 4) is 0 Å². The number of Topliss-reactive ketones (excluding diaryl/α,β-unsaturated/α-hetero) is 1. The maximum Gasteiger partial charge on any atom is 0.133 e. The molecule has 2 rings (SSSR count). The normalized spacial score (nSPS) is 32.3. The van der Waals surface area contributed by atoms with Gasteiger partial charge in [-0.15, -0.1) is 0 Å². The fraction of sp³-hybridized carbons (Fsp3) is 0.917. The highest BCUT2D eigenvalue weighted by molar-refractivity contribution is 5.79. The van der Waals surface area contributed by atoms with Gasteiger partial charge in [0.1, 0.15) is 5.78 Å². The van der Waals surface area contributed by atoms with E-state index in [-0.39, 0.29) is 0 Å². The van der Waals surface area contributed by atoms with Crippen LogP contribution in [0.2, 0.25) is 0 Å². The molecule has 15 heavy (non-hydrogen) atoms. The molecule has 0 bridgehead atoms. The molecule has 2 fully saturated rings. The van der Waals surface area contributed by atoms with Crippen molar-refractivity contribution in [1.82, 2.24) is 10.2 Å². The van der Waals surface area contributed by atoms with E-state index in [0.29, 0.717) is 17.6 Å². The lowest BCUT2D eigenvalue weighted by Crippen LogP contribution is -2.18. The van der Waals surface area contributed by atoms with Crippen molar-refractivity contribution >= 4 is 5.78 Å². The van der Waals surface area contributed by atoms with Gasteiger partial charge < -0.3 is 10.2 Å². The first kappa shape index (κ1) is 11.1. The van der Waals surface area contributed by atoms with Crippen molar-refractivity contribution in [2.75, 3.05) is 33.2 Å². The number of hydrogen-bond acceptors (Lipinski definition) is 3. The Kier molecular flexibility index (Phi) is 3.76. The monoisotopic (exact) mass is 210 g/mol. The predicted molar refractivity (Wildman–Crippen MR) is 60.8 cm³/mol. The van der Waals surface area contributed by atoms with E-state index in [2.05, 4.69) is 17.3 Å². The van der Waals surface area contributed by atoms with E-state index in [1.165, 1.54) is 19.4 Å². The molecular weight excluding hydrogens is 188 g/mol. The molecule has 0 radical (unpaired) electrons. The lowest BCUT2D eigenvalue weighted by molar-refractivity contribution is -0.120. The van der Waals surface area contributed by atoms with E-state index in [4.69, 9.17) is 0 Å². The summed E-state index contributed by atoms with van der Waals surface area (Å²) in [7, 11) is 2.14. The lowest BCUT2D eigenvalue weighted by atomic mass is 9.94. The minimum atomic E-state index is 0.490. The fourth-order valence-corrected chi connectivity index (χ4v) is 2.81. The van der Waals surface area contributed by atoms with Crippen LogP contribution in [0.1, 0.15) is 25.7 Å². The van der Waals surface area contributed by atoms with E-state index in [0.717, 1.165) is 32.5 Å². The lowest BCUT2D eigenvalue weighted by Gasteiger charge is -2.11. The number of likely N-dealkylation sites (tertiary alicyclic amines) is 1. The van der Waals surface area contributed by atoms with E-state index in [1.807, 2.05) is 0 Å². The highest BCUT2D eigenvalue weighted by Gasteiger charge is 2.24. The van der Waals surface area contributed by atoms with Crippen molar-refractivity contribution in [2.45, 2.75) is 25.7 Å². The molecular formula is C12H22N2O. The minimum absolute atomic E-state index is 0.490. The van der Waals surface area contributed by atoms with Gasteiger partial charge in [-0.2, -0.15) is 0 Å². The number of ketones is 1. The zero-order valence-corrected chi connectivity index (χ0v) is 9.67. The van der Waals surface area contributed by atoms with Crippen LogP contribution in [0, 0.1) is 11.8 Å². The zero-order valence-electron chi connectivity index (χ0n) is 9.67. The SMILES string of the molecule is CN1CC[C@@H](CC(=O)C[C@@H]2CCNC2)C1. The van der Waals surface area contributed by atoms with Crippen LogP contribution < -0.4 is 5.32 Å². The van der Waals surface area contributed by atoms with Gasteiger partial charge in [0, 0.05) is 19.4 Å². The van der Waals surface area contributed by atoms with Crippen LogP contribution >= 0.6 is 0 Å². The van der Waals surface area contributed by atoms with Crippen molar-refractivity contribution in [3.05, 3.63) is 0 Å². The predicted octanol–water partition coefficient (Wildman–Crippen LogP) is 0.897. The summed E-state index contributed by atoms with van der Waals surface area (Å²) < 4.78 is 0. The van der Waals surface area contributed by atoms with E-state index in [1.54, 1.807) is 0 Å². The summed E-state index contributed by atoms with van der Waals surface area (Å²) in [5.74, 6) is 1.75. The summed E-state index contributed by atoms with van der Waals surface area (Å²) in [6, 6.07) is 0. The van der Waals surface area contributed by atoms with Gasteiger partial charge in [0.2, 0.25) is 0 Å². The van der Waals surface area contributed by atoms with Crippen LogP contribution in [-0.4, -0.2) is 43.9 Å². The maximum atomic E-state index is 11.8. The van der Waals surface area contributed by atoms with Crippen LogP contribution in [0.15, 0.2) is 0 Å². The Labute approximate surface area is 92.2 Å². The van der Waals surface area contributed by atoms with Gasteiger partial charge >= 0.3 is 0 Å². The molecule has 2 aliphatic heterocycles. The van der Waals surface area contributed by atoms with Gasteiger partial charge in [-0.1, -0.05) is 0 Å². The Morgan fingerprint density at radius 2 is 2.13 bits per heavy atom. The Balaban J connectivity index is 1.67. The van der Waals surface area contributed by atoms with Crippen LogP contribution in [0.5, 0.6) is 0 Å². The van der Waals surface area contributed by atoms with Crippen molar-refractivity contribution < 1.29 is 4.79 Å². The molecule has 0 aromatic carbocycles. The molecule has 0 spiro atoms. The first-order valence-corrected chi connectivity index (χ1v) is 6.15. The van der Waals surface area contributed by atoms with Crippen LogP contribution in [0.4, 0.5) is 0 Å². The second kappa shape index (κ2) is 5.08. The van der Waals surface area contributed by atoms with Gasteiger partial charge in [0.15, 0.2) is 0 Å². The Bertz CT molecular complexity index is 224. The van der Waals surface area contributed by atoms with E-state index in [9.17, 15) is 4.79 Å². The Morgan fingerprint density at radius 1 is 1.33 bits per heavy atom. The van der Waals surface area contributed by atoms with Gasteiger partial charge in [0.05, 0.1) is 0 Å². The Morgan fingerprint density at radius 3 is 2.73 bits per heavy atom. The molecule has 0 aromatic heterocycles. The molecule has 0 aliphatic carbocycles. The average Bonchev–Trinajstić information content (AvgIpc) is 2.77. The molecule has 0 unspecified atom stereocenters. The maximum absolute atomic E-state index is 11.8. The van der Waals surface area contributed by atoms with Gasteiger partial charge in [-0.05, 0) is 51.4 Å². The molecule has 2 heterocycles. The summed E-state index contributed by atoms with van der Waals surface area (Å²) >= 11 is 0. The van der Waals surface area contributed by atoms with Gasteiger partial charge in [-0.3, -0.25) is 4.79 Å². The molecule has 3 heteroatoms. The summed E-state index contributed by atoms with van der Waals surface area (Å²) in [6.07, 6.45) is 4.04. The zero-order chi connectivity index (χ0) is 10.7. The van der Waals surface area contributed by atoms with Crippen LogP contribution in [-0.2, 0) is 4.79 Å². The van der Waals surface area contributed by atoms with Gasteiger partial charge in [-0.25, -0.2) is 0 Å². The smallest absolute Gasteiger partial charge is 0.133 e. The molecule has 0 saturated carbocycles. The van der Waals surface area contributed by atoms with E-state index < -0.39 is 0 Å². The Hall–Kier alpha value is -0.410. The second-order valence-corrected chi connectivity index (χ2v) is 5.22. The third kappa shape index (κ3) is 3.28. The van der Waals surface area contributed by atoms with Crippen molar-refractivity contribution in [1.29, 1.82) is 0 Å². The number of hydrogen-bond donors (Lipinski definition) is 1. The molecule has 3 nitrogen and oxygen atoms in total. The third-order valence-electron chi connectivity index (χ3n) is 3.68. The fourth-order valence-electron chi connectivity index (χ4n) is 2.81. The first-order valence-electron chi connectivity index (χ1n) is 6.15. The average molecular weight is 210 g/mol. The molecule has 1 N–H and O–H groups in total. The highest BCUT2D eigenvalue weighted by Crippen LogP contribution is 2.21. The highest BCUT2D eigenvalue weighted by atomic mass is 16.1. The second-order valence-electron chi connectivity index (χ2n) is 5.22. The summed E-state index contributed by atoms with van der Waals surface area (Å²) in [4.78, 5) is 14.1. The molecule has 2 saturated heterocycles. The van der Waals surface area contributed by atoms with E-state index >= 15 is 0 Å². The molecule has 2 atom stereocenters. The summed E-state index contributed by atoms with van der Waals surface area (Å²) in [6.45, 7) is 4.44. The van der Waals surface area contributed by atoms with Crippen molar-refractivity contribution in [2.24, 2.45) is 11.8 Å². The quantitative estimate of drug-likeness (QED) is 0.748. The number of nitrogens with one attached hydrogen (secondary N) is 1. The summed E-state index contributed by atoms with van der Waals surface area (Å²) in [5, 5.41) is 3.32. The largest absolute Gasteiger partial charge is 0.316 e. The van der Waals surface area contributed by atoms with Crippen molar-refractivity contribution in [3.63, 3.8) is 0 Å². The number of nitrogens with zero attached hydrogens (tertiary/aromatic N) is 1. The van der Waals surface area contributed by atoms with Crippen LogP contribution in [0.3, 0.4) is 0 Å². The first-order chi connectivity index (χ1) is 7.24. The molecule has 86 valence electrons. The van der Waals surface area contributed by atoms with Gasteiger partial charge in [0.25, 0.3) is 0 Å². The van der Waals surface area contributed by atoms with Crippen LogP contribution in [0.25, 0.3) is 0 Å². The number of carbonyl (C=O) groups is 1.